The lowest BCUT2D eigenvalue weighted by Gasteiger charge is -2.12. The third-order valence-electron chi connectivity index (χ3n) is 3.71. The van der Waals surface area contributed by atoms with E-state index in [9.17, 15) is 0 Å². The maximum absolute atomic E-state index is 5.58. The van der Waals surface area contributed by atoms with E-state index in [1.54, 1.807) is 0 Å². The summed E-state index contributed by atoms with van der Waals surface area (Å²) < 4.78 is 11.1. The first kappa shape index (κ1) is 13.0. The van der Waals surface area contributed by atoms with Gasteiger partial charge < -0.3 is 14.2 Å². The van der Waals surface area contributed by atoms with Crippen LogP contribution in [0.15, 0.2) is 45.4 Å². The van der Waals surface area contributed by atoms with Crippen LogP contribution >= 0.6 is 0 Å². The number of hydrogen-bond donors (Lipinski definition) is 1. The first-order valence-electron chi connectivity index (χ1n) is 6.90. The Hall–Kier alpha value is -2.00. The van der Waals surface area contributed by atoms with Gasteiger partial charge in [-0.15, -0.1) is 0 Å². The molecule has 0 fully saturated rings. The number of furan rings is 2. The highest BCUT2D eigenvalue weighted by molar-refractivity contribution is 5.80. The zero-order valence-corrected chi connectivity index (χ0v) is 12.1. The average molecular weight is 269 g/mol. The van der Waals surface area contributed by atoms with Crippen LogP contribution in [0.3, 0.4) is 0 Å². The van der Waals surface area contributed by atoms with E-state index in [-0.39, 0.29) is 6.04 Å². The van der Waals surface area contributed by atoms with E-state index >= 15 is 0 Å². The van der Waals surface area contributed by atoms with Crippen LogP contribution in [0.1, 0.15) is 35.6 Å². The minimum Gasteiger partial charge on any atom is -0.466 e. The van der Waals surface area contributed by atoms with Crippen molar-refractivity contribution in [2.75, 3.05) is 0 Å². The Kier molecular flexibility index (Phi) is 3.36. The molecule has 3 rings (SSSR count). The number of fused-ring (bicyclic) bond motifs is 1. The summed E-state index contributed by atoms with van der Waals surface area (Å²) in [7, 11) is 0. The van der Waals surface area contributed by atoms with E-state index in [1.807, 2.05) is 38.3 Å². The van der Waals surface area contributed by atoms with Crippen molar-refractivity contribution in [1.82, 2.24) is 5.32 Å². The van der Waals surface area contributed by atoms with Crippen molar-refractivity contribution < 1.29 is 8.83 Å². The molecule has 0 aliphatic heterocycles. The van der Waals surface area contributed by atoms with E-state index in [2.05, 4.69) is 24.4 Å². The Balaban J connectivity index is 1.74. The molecular formula is C17H19NO2. The third-order valence-corrected chi connectivity index (χ3v) is 3.71. The Morgan fingerprint density at radius 2 is 2.00 bits per heavy atom. The van der Waals surface area contributed by atoms with Gasteiger partial charge in [0.05, 0.1) is 6.26 Å². The van der Waals surface area contributed by atoms with E-state index in [4.69, 9.17) is 8.83 Å². The molecule has 0 amide bonds. The van der Waals surface area contributed by atoms with Gasteiger partial charge in [-0.1, -0.05) is 18.2 Å². The molecule has 1 N–H and O–H groups in total. The summed E-state index contributed by atoms with van der Waals surface area (Å²) in [4.78, 5) is 0. The zero-order chi connectivity index (χ0) is 14.1. The normalized spacial score (nSPS) is 12.9. The fourth-order valence-electron chi connectivity index (χ4n) is 2.62. The molecule has 0 spiro atoms. The Morgan fingerprint density at radius 3 is 2.75 bits per heavy atom. The van der Waals surface area contributed by atoms with E-state index in [0.717, 1.165) is 23.6 Å². The zero-order valence-electron chi connectivity index (χ0n) is 12.1. The lowest BCUT2D eigenvalue weighted by atomic mass is 10.1. The highest BCUT2D eigenvalue weighted by Gasteiger charge is 2.13. The molecule has 0 radical (unpaired) electrons. The minimum atomic E-state index is 0.251. The predicted octanol–water partition coefficient (Wildman–Crippen LogP) is 4.49. The summed E-state index contributed by atoms with van der Waals surface area (Å²) in [6.07, 6.45) is 1.83. The minimum absolute atomic E-state index is 0.251. The summed E-state index contributed by atoms with van der Waals surface area (Å²) >= 11 is 0. The van der Waals surface area contributed by atoms with Gasteiger partial charge in [-0.2, -0.15) is 0 Å². The van der Waals surface area contributed by atoms with Crippen LogP contribution in [0.25, 0.3) is 11.0 Å². The van der Waals surface area contributed by atoms with Crippen molar-refractivity contribution in [3.63, 3.8) is 0 Å². The number of rotatable bonds is 4. The van der Waals surface area contributed by atoms with Crippen molar-refractivity contribution in [3.05, 3.63) is 59.2 Å². The highest BCUT2D eigenvalue weighted by atomic mass is 16.3. The van der Waals surface area contributed by atoms with Crippen molar-refractivity contribution >= 4 is 11.0 Å². The molecule has 20 heavy (non-hydrogen) atoms. The van der Waals surface area contributed by atoms with Gasteiger partial charge in [0.15, 0.2) is 0 Å². The van der Waals surface area contributed by atoms with Gasteiger partial charge >= 0.3 is 0 Å². The number of nitrogens with one attached hydrogen (secondary N) is 1. The molecule has 0 aliphatic rings. The van der Waals surface area contributed by atoms with Gasteiger partial charge in [0, 0.05) is 29.1 Å². The van der Waals surface area contributed by atoms with Crippen molar-refractivity contribution in [1.29, 1.82) is 0 Å². The molecule has 0 saturated heterocycles. The second-order valence-corrected chi connectivity index (χ2v) is 5.23. The topological polar surface area (TPSA) is 38.3 Å². The summed E-state index contributed by atoms with van der Waals surface area (Å²) in [5.41, 5.74) is 3.34. The Labute approximate surface area is 118 Å². The van der Waals surface area contributed by atoms with Crippen LogP contribution in [0, 0.1) is 13.8 Å². The number of aryl methyl sites for hydroxylation is 2. The lowest BCUT2D eigenvalue weighted by Crippen LogP contribution is -2.18. The molecule has 0 saturated carbocycles. The van der Waals surface area contributed by atoms with E-state index < -0.39 is 0 Å². The molecule has 0 bridgehead atoms. The molecule has 1 atom stereocenters. The Bertz CT molecular complexity index is 724. The largest absolute Gasteiger partial charge is 0.466 e. The van der Waals surface area contributed by atoms with Gasteiger partial charge in [-0.25, -0.2) is 0 Å². The molecule has 2 aromatic heterocycles. The molecule has 3 heteroatoms. The van der Waals surface area contributed by atoms with Crippen LogP contribution in [0.2, 0.25) is 0 Å². The molecule has 2 heterocycles. The number of hydrogen-bond acceptors (Lipinski definition) is 3. The number of para-hydroxylation sites is 1. The maximum Gasteiger partial charge on any atom is 0.134 e. The fraction of sp³-hybridized carbons (Fsp3) is 0.294. The molecule has 104 valence electrons. The van der Waals surface area contributed by atoms with Crippen molar-refractivity contribution in [3.8, 4) is 0 Å². The van der Waals surface area contributed by atoms with Crippen LogP contribution in [0.4, 0.5) is 0 Å². The molecule has 3 aromatic rings. The van der Waals surface area contributed by atoms with Gasteiger partial charge in [-0.05, 0) is 32.9 Å². The molecule has 1 aromatic carbocycles. The second kappa shape index (κ2) is 5.17. The van der Waals surface area contributed by atoms with Gasteiger partial charge in [0.2, 0.25) is 0 Å². The molecular weight excluding hydrogens is 250 g/mol. The van der Waals surface area contributed by atoms with Crippen LogP contribution in [0.5, 0.6) is 0 Å². The first-order valence-corrected chi connectivity index (χ1v) is 6.90. The monoisotopic (exact) mass is 269 g/mol. The van der Waals surface area contributed by atoms with E-state index in [1.165, 1.54) is 16.5 Å². The maximum atomic E-state index is 5.58. The van der Waals surface area contributed by atoms with Gasteiger partial charge in [0.1, 0.15) is 17.1 Å². The van der Waals surface area contributed by atoms with Crippen molar-refractivity contribution in [2.45, 2.75) is 33.4 Å². The quantitative estimate of drug-likeness (QED) is 0.758. The third kappa shape index (κ3) is 2.37. The molecule has 3 nitrogen and oxygen atoms in total. The van der Waals surface area contributed by atoms with Crippen LogP contribution < -0.4 is 5.32 Å². The summed E-state index contributed by atoms with van der Waals surface area (Å²) in [6, 6.07) is 10.5. The summed E-state index contributed by atoms with van der Waals surface area (Å²) in [5.74, 6) is 1.94. The fourth-order valence-corrected chi connectivity index (χ4v) is 2.62. The van der Waals surface area contributed by atoms with Crippen LogP contribution in [-0.2, 0) is 6.54 Å². The molecule has 0 aliphatic carbocycles. The van der Waals surface area contributed by atoms with Gasteiger partial charge in [-0.3, -0.25) is 0 Å². The lowest BCUT2D eigenvalue weighted by molar-refractivity contribution is 0.489. The van der Waals surface area contributed by atoms with Gasteiger partial charge in [0.25, 0.3) is 0 Å². The standard InChI is InChI=1S/C17H19NO2/c1-11-8-16(13(3)20-11)12(2)18-9-14-10-19-17-7-5-4-6-15(14)17/h4-8,10,12,18H,9H2,1-3H3. The predicted molar refractivity (Wildman–Crippen MR) is 79.7 cm³/mol. The Morgan fingerprint density at radius 1 is 1.20 bits per heavy atom. The molecule has 1 unspecified atom stereocenters. The van der Waals surface area contributed by atoms with E-state index in [0.29, 0.717) is 0 Å². The SMILES string of the molecule is Cc1cc(C(C)NCc2coc3ccccc23)c(C)o1. The summed E-state index contributed by atoms with van der Waals surface area (Å²) in [5, 5.41) is 4.70. The highest BCUT2D eigenvalue weighted by Crippen LogP contribution is 2.24. The van der Waals surface area contributed by atoms with Crippen LogP contribution in [-0.4, -0.2) is 0 Å². The average Bonchev–Trinajstić information content (AvgIpc) is 2.99. The number of benzene rings is 1. The van der Waals surface area contributed by atoms with Crippen molar-refractivity contribution in [2.24, 2.45) is 0 Å². The summed E-state index contributed by atoms with van der Waals surface area (Å²) in [6.45, 7) is 6.92. The smallest absolute Gasteiger partial charge is 0.134 e. The second-order valence-electron chi connectivity index (χ2n) is 5.23. The first-order chi connectivity index (χ1) is 9.65.